The molecular formula is C15H15BrFNO3S. The topological polar surface area (TPSA) is 55.4 Å². The molecule has 118 valence electrons. The SMILES string of the molecule is CCOc1ccc(NS(=O)(=O)c2cc(Br)ccc2C)cc1F. The van der Waals surface area contributed by atoms with Crippen LogP contribution in [0.4, 0.5) is 10.1 Å². The largest absolute Gasteiger partial charge is 0.491 e. The highest BCUT2D eigenvalue weighted by atomic mass is 79.9. The summed E-state index contributed by atoms with van der Waals surface area (Å²) in [6, 6.07) is 8.89. The number of sulfonamides is 1. The number of halogens is 2. The Bertz CT molecular complexity index is 793. The number of ether oxygens (including phenoxy) is 1. The minimum atomic E-state index is -3.80. The van der Waals surface area contributed by atoms with Crippen LogP contribution in [0.15, 0.2) is 45.8 Å². The van der Waals surface area contributed by atoms with Crippen LogP contribution in [0.2, 0.25) is 0 Å². The van der Waals surface area contributed by atoms with Crippen LogP contribution in [-0.2, 0) is 10.0 Å². The number of aryl methyl sites for hydroxylation is 1. The Morgan fingerprint density at radius 2 is 1.95 bits per heavy atom. The molecule has 0 atom stereocenters. The van der Waals surface area contributed by atoms with Gasteiger partial charge in [-0.05, 0) is 43.7 Å². The number of hydrogen-bond acceptors (Lipinski definition) is 3. The molecule has 0 spiro atoms. The van der Waals surface area contributed by atoms with Gasteiger partial charge < -0.3 is 4.74 Å². The molecule has 0 aliphatic carbocycles. The minimum absolute atomic E-state index is 0.0871. The first-order valence-electron chi connectivity index (χ1n) is 6.55. The van der Waals surface area contributed by atoms with Gasteiger partial charge in [-0.3, -0.25) is 4.72 Å². The van der Waals surface area contributed by atoms with Gasteiger partial charge in [-0.25, -0.2) is 12.8 Å². The second kappa shape index (κ2) is 6.66. The highest BCUT2D eigenvalue weighted by molar-refractivity contribution is 9.10. The summed E-state index contributed by atoms with van der Waals surface area (Å²) in [5.74, 6) is -0.530. The molecule has 0 saturated carbocycles. The predicted octanol–water partition coefficient (Wildman–Crippen LogP) is 4.10. The second-order valence-electron chi connectivity index (χ2n) is 4.59. The summed E-state index contributed by atoms with van der Waals surface area (Å²) in [7, 11) is -3.80. The summed E-state index contributed by atoms with van der Waals surface area (Å²) in [4.78, 5) is 0.135. The van der Waals surface area contributed by atoms with E-state index in [9.17, 15) is 12.8 Å². The van der Waals surface area contributed by atoms with E-state index in [0.29, 0.717) is 16.6 Å². The fourth-order valence-electron chi connectivity index (χ4n) is 1.91. The molecule has 2 aromatic carbocycles. The third-order valence-electron chi connectivity index (χ3n) is 2.92. The van der Waals surface area contributed by atoms with Crippen molar-refractivity contribution in [2.45, 2.75) is 18.7 Å². The summed E-state index contributed by atoms with van der Waals surface area (Å²) < 4.78 is 46.7. The quantitative estimate of drug-likeness (QED) is 0.839. The molecule has 0 fully saturated rings. The smallest absolute Gasteiger partial charge is 0.262 e. The molecule has 0 bridgehead atoms. The van der Waals surface area contributed by atoms with Crippen LogP contribution in [0, 0.1) is 12.7 Å². The summed E-state index contributed by atoms with van der Waals surface area (Å²) in [5.41, 5.74) is 0.738. The summed E-state index contributed by atoms with van der Waals surface area (Å²) in [6.45, 7) is 3.77. The molecule has 0 aromatic heterocycles. The lowest BCUT2D eigenvalue weighted by atomic mass is 10.2. The first-order chi connectivity index (χ1) is 10.3. The molecule has 0 amide bonds. The Balaban J connectivity index is 2.33. The molecular weight excluding hydrogens is 373 g/mol. The molecule has 0 aliphatic heterocycles. The van der Waals surface area contributed by atoms with Gasteiger partial charge in [0.1, 0.15) is 0 Å². The van der Waals surface area contributed by atoms with Crippen molar-refractivity contribution in [1.82, 2.24) is 0 Å². The van der Waals surface area contributed by atoms with Crippen molar-refractivity contribution in [3.63, 3.8) is 0 Å². The average molecular weight is 388 g/mol. The highest BCUT2D eigenvalue weighted by Gasteiger charge is 2.18. The summed E-state index contributed by atoms with van der Waals surface area (Å²) in [5, 5.41) is 0. The van der Waals surface area contributed by atoms with Gasteiger partial charge >= 0.3 is 0 Å². The first-order valence-corrected chi connectivity index (χ1v) is 8.82. The van der Waals surface area contributed by atoms with Crippen molar-refractivity contribution >= 4 is 31.6 Å². The Kier molecular flexibility index (Phi) is 5.08. The van der Waals surface area contributed by atoms with Gasteiger partial charge in [0, 0.05) is 10.5 Å². The molecule has 0 radical (unpaired) electrons. The maximum atomic E-state index is 13.8. The zero-order valence-electron chi connectivity index (χ0n) is 12.1. The third kappa shape index (κ3) is 3.78. The van der Waals surface area contributed by atoms with E-state index >= 15 is 0 Å². The molecule has 0 unspecified atom stereocenters. The lowest BCUT2D eigenvalue weighted by molar-refractivity contribution is 0.321. The van der Waals surface area contributed by atoms with Crippen molar-refractivity contribution in [1.29, 1.82) is 0 Å². The van der Waals surface area contributed by atoms with Gasteiger partial charge in [-0.15, -0.1) is 0 Å². The monoisotopic (exact) mass is 387 g/mol. The summed E-state index contributed by atoms with van der Waals surface area (Å²) in [6.07, 6.45) is 0. The summed E-state index contributed by atoms with van der Waals surface area (Å²) >= 11 is 3.24. The van der Waals surface area contributed by atoms with Gasteiger partial charge in [0.15, 0.2) is 11.6 Å². The molecule has 1 N–H and O–H groups in total. The standard InChI is InChI=1S/C15H15BrFNO3S/c1-3-21-14-7-6-12(9-13(14)17)18-22(19,20)15-8-11(16)5-4-10(15)2/h4-9,18H,3H2,1-2H3. The van der Waals surface area contributed by atoms with Crippen LogP contribution in [-0.4, -0.2) is 15.0 Å². The van der Waals surface area contributed by atoms with Gasteiger partial charge in [-0.2, -0.15) is 0 Å². The van der Waals surface area contributed by atoms with E-state index in [1.54, 1.807) is 26.0 Å². The zero-order valence-corrected chi connectivity index (χ0v) is 14.5. The van der Waals surface area contributed by atoms with E-state index < -0.39 is 15.8 Å². The van der Waals surface area contributed by atoms with Crippen LogP contribution in [0.1, 0.15) is 12.5 Å². The molecule has 4 nitrogen and oxygen atoms in total. The number of hydrogen-bond donors (Lipinski definition) is 1. The van der Waals surface area contributed by atoms with Crippen LogP contribution in [0.3, 0.4) is 0 Å². The van der Waals surface area contributed by atoms with E-state index in [1.165, 1.54) is 18.2 Å². The first kappa shape index (κ1) is 16.8. The number of nitrogens with one attached hydrogen (secondary N) is 1. The lowest BCUT2D eigenvalue weighted by Gasteiger charge is -2.12. The van der Waals surface area contributed by atoms with Crippen molar-refractivity contribution in [2.24, 2.45) is 0 Å². The zero-order chi connectivity index (χ0) is 16.3. The number of anilines is 1. The van der Waals surface area contributed by atoms with Crippen LogP contribution in [0.25, 0.3) is 0 Å². The van der Waals surface area contributed by atoms with E-state index in [-0.39, 0.29) is 16.3 Å². The fourth-order valence-corrected chi connectivity index (χ4v) is 3.74. The van der Waals surface area contributed by atoms with Gasteiger partial charge in [0.05, 0.1) is 17.2 Å². The Morgan fingerprint density at radius 3 is 2.59 bits per heavy atom. The van der Waals surface area contributed by atoms with E-state index in [1.807, 2.05) is 0 Å². The van der Waals surface area contributed by atoms with Crippen LogP contribution >= 0.6 is 15.9 Å². The molecule has 0 aliphatic rings. The van der Waals surface area contributed by atoms with E-state index in [2.05, 4.69) is 20.7 Å². The van der Waals surface area contributed by atoms with Gasteiger partial charge in [0.25, 0.3) is 10.0 Å². The number of benzene rings is 2. The molecule has 0 saturated heterocycles. The molecule has 7 heteroatoms. The maximum Gasteiger partial charge on any atom is 0.262 e. The van der Waals surface area contributed by atoms with Crippen LogP contribution < -0.4 is 9.46 Å². The Morgan fingerprint density at radius 1 is 1.23 bits per heavy atom. The third-order valence-corrected chi connectivity index (χ3v) is 4.94. The molecule has 22 heavy (non-hydrogen) atoms. The molecule has 2 aromatic rings. The van der Waals surface area contributed by atoms with Crippen molar-refractivity contribution in [3.8, 4) is 5.75 Å². The van der Waals surface area contributed by atoms with Crippen LogP contribution in [0.5, 0.6) is 5.75 Å². The molecule has 0 heterocycles. The van der Waals surface area contributed by atoms with Gasteiger partial charge in [0.2, 0.25) is 0 Å². The Labute approximate surface area is 137 Å². The average Bonchev–Trinajstić information content (AvgIpc) is 2.44. The Hall–Kier alpha value is -1.60. The van der Waals surface area contributed by atoms with E-state index in [4.69, 9.17) is 4.74 Å². The lowest BCUT2D eigenvalue weighted by Crippen LogP contribution is -2.14. The van der Waals surface area contributed by atoms with Gasteiger partial charge in [-0.1, -0.05) is 22.0 Å². The van der Waals surface area contributed by atoms with Crippen molar-refractivity contribution in [3.05, 3.63) is 52.3 Å². The predicted molar refractivity (Wildman–Crippen MR) is 87.3 cm³/mol. The second-order valence-corrected chi connectivity index (χ2v) is 7.16. The molecule has 2 rings (SSSR count). The fraction of sp³-hybridized carbons (Fsp3) is 0.200. The number of rotatable bonds is 5. The normalized spacial score (nSPS) is 11.3. The van der Waals surface area contributed by atoms with Crippen molar-refractivity contribution < 1.29 is 17.5 Å². The van der Waals surface area contributed by atoms with Crippen molar-refractivity contribution in [2.75, 3.05) is 11.3 Å². The highest BCUT2D eigenvalue weighted by Crippen LogP contribution is 2.26. The maximum absolute atomic E-state index is 13.8. The van der Waals surface area contributed by atoms with E-state index in [0.717, 1.165) is 6.07 Å². The minimum Gasteiger partial charge on any atom is -0.491 e.